The van der Waals surface area contributed by atoms with E-state index in [4.69, 9.17) is 9.47 Å². The van der Waals surface area contributed by atoms with Crippen molar-refractivity contribution < 1.29 is 38.8 Å². The van der Waals surface area contributed by atoms with Crippen LogP contribution in [0.4, 0.5) is 4.39 Å². The van der Waals surface area contributed by atoms with E-state index in [1.807, 2.05) is 0 Å². The molecule has 0 saturated heterocycles. The van der Waals surface area contributed by atoms with Gasteiger partial charge in [-0.25, -0.2) is 4.39 Å². The molecule has 4 atom stereocenters. The summed E-state index contributed by atoms with van der Waals surface area (Å²) in [6.45, 7) is -0.274. The van der Waals surface area contributed by atoms with Gasteiger partial charge in [-0.15, -0.1) is 0 Å². The number of ether oxygens (including phenoxy) is 2. The van der Waals surface area contributed by atoms with Crippen LogP contribution in [0.15, 0.2) is 48.0 Å². The summed E-state index contributed by atoms with van der Waals surface area (Å²) in [5.74, 6) is -1.08. The molecule has 3 aliphatic rings. The maximum absolute atomic E-state index is 13.9. The number of aliphatic hydroxyl groups excluding tert-OH is 3. The molecule has 10 heteroatoms. The molecule has 0 spiro atoms. The van der Waals surface area contributed by atoms with E-state index < -0.39 is 30.1 Å². The smallest absolute Gasteiger partial charge is 0.247 e. The standard InChI is InChI=1S/C31H37FN2O7/c1-40-25-15-19(17-36)14-22-26-23(30(38)33-10-12-35)16-24(27(37)29(26)41-28(22)25)34(31(39)20-6-2-3-7-20)11-9-18-5-4-8-21(32)13-18/h4-5,8,13-16,20,24,26-27,29,35-37H,2-3,6-7,9-12,17H2,1H3,(H,33,38). The van der Waals surface area contributed by atoms with Gasteiger partial charge in [0.25, 0.3) is 0 Å². The van der Waals surface area contributed by atoms with Gasteiger partial charge in [-0.2, -0.15) is 0 Å². The molecule has 4 N–H and O–H groups in total. The lowest BCUT2D eigenvalue weighted by atomic mass is 9.77. The summed E-state index contributed by atoms with van der Waals surface area (Å²) in [4.78, 5) is 29.0. The Morgan fingerprint density at radius 2 is 1.93 bits per heavy atom. The van der Waals surface area contributed by atoms with Gasteiger partial charge in [-0.1, -0.05) is 25.0 Å². The predicted molar refractivity (Wildman–Crippen MR) is 148 cm³/mol. The van der Waals surface area contributed by atoms with Gasteiger partial charge >= 0.3 is 0 Å². The zero-order valence-electron chi connectivity index (χ0n) is 23.1. The molecule has 2 aromatic rings. The van der Waals surface area contributed by atoms with E-state index in [-0.39, 0.29) is 43.9 Å². The van der Waals surface area contributed by atoms with Crippen LogP contribution in [-0.2, 0) is 22.6 Å². The van der Waals surface area contributed by atoms with Crippen molar-refractivity contribution >= 4 is 11.8 Å². The highest BCUT2D eigenvalue weighted by atomic mass is 19.1. The fourth-order valence-corrected chi connectivity index (χ4v) is 6.37. The maximum Gasteiger partial charge on any atom is 0.247 e. The van der Waals surface area contributed by atoms with E-state index in [0.29, 0.717) is 40.2 Å². The molecule has 1 saturated carbocycles. The van der Waals surface area contributed by atoms with Crippen LogP contribution in [0, 0.1) is 11.7 Å². The van der Waals surface area contributed by atoms with Gasteiger partial charge in [0.2, 0.25) is 11.8 Å². The van der Waals surface area contributed by atoms with Crippen molar-refractivity contribution in [1.82, 2.24) is 10.2 Å². The summed E-state index contributed by atoms with van der Waals surface area (Å²) in [7, 11) is 1.47. The quantitative estimate of drug-likeness (QED) is 0.346. The predicted octanol–water partition coefficient (Wildman–Crippen LogP) is 2.21. The van der Waals surface area contributed by atoms with Crippen molar-refractivity contribution in [1.29, 1.82) is 0 Å². The van der Waals surface area contributed by atoms with Gasteiger partial charge in [0.05, 0.1) is 32.3 Å². The molecule has 1 heterocycles. The Bertz CT molecular complexity index is 1310. The third-order valence-electron chi connectivity index (χ3n) is 8.37. The van der Waals surface area contributed by atoms with E-state index >= 15 is 0 Å². The number of fused-ring (bicyclic) bond motifs is 3. The van der Waals surface area contributed by atoms with Gasteiger partial charge < -0.3 is 35.0 Å². The number of methoxy groups -OCH3 is 1. The second-order valence-corrected chi connectivity index (χ2v) is 10.9. The Balaban J connectivity index is 1.55. The highest BCUT2D eigenvalue weighted by Gasteiger charge is 2.51. The molecule has 1 aliphatic heterocycles. The maximum atomic E-state index is 13.9. The molecule has 220 valence electrons. The Labute approximate surface area is 238 Å². The second kappa shape index (κ2) is 12.6. The molecule has 41 heavy (non-hydrogen) atoms. The first-order valence-electron chi connectivity index (χ1n) is 14.2. The summed E-state index contributed by atoms with van der Waals surface area (Å²) in [5, 5.41) is 33.7. The van der Waals surface area contributed by atoms with Crippen molar-refractivity contribution in [2.24, 2.45) is 5.92 Å². The van der Waals surface area contributed by atoms with Crippen LogP contribution in [0.1, 0.15) is 48.3 Å². The molecule has 1 fully saturated rings. The first-order valence-corrected chi connectivity index (χ1v) is 14.2. The lowest BCUT2D eigenvalue weighted by Crippen LogP contribution is -2.57. The highest BCUT2D eigenvalue weighted by Crippen LogP contribution is 2.51. The number of carbonyl (C=O) groups is 2. The number of amides is 2. The van der Waals surface area contributed by atoms with Gasteiger partial charge in [-0.05, 0) is 60.7 Å². The number of halogens is 1. The van der Waals surface area contributed by atoms with Gasteiger partial charge in [0, 0.05) is 30.1 Å². The minimum atomic E-state index is -1.19. The molecular formula is C31H37FN2O7. The van der Waals surface area contributed by atoms with E-state index in [9.17, 15) is 29.3 Å². The normalized spacial score (nSPS) is 23.3. The van der Waals surface area contributed by atoms with Crippen LogP contribution in [0.2, 0.25) is 0 Å². The van der Waals surface area contributed by atoms with Crippen LogP contribution in [0.3, 0.4) is 0 Å². The van der Waals surface area contributed by atoms with Crippen molar-refractivity contribution in [3.05, 3.63) is 70.6 Å². The van der Waals surface area contributed by atoms with Crippen LogP contribution < -0.4 is 14.8 Å². The fourth-order valence-electron chi connectivity index (χ4n) is 6.37. The lowest BCUT2D eigenvalue weighted by molar-refractivity contribution is -0.141. The second-order valence-electron chi connectivity index (χ2n) is 10.9. The van der Waals surface area contributed by atoms with Gasteiger partial charge in [-0.3, -0.25) is 9.59 Å². The average molecular weight is 569 g/mol. The first kappa shape index (κ1) is 29.0. The summed E-state index contributed by atoms with van der Waals surface area (Å²) in [6.07, 6.45) is 3.29. The first-order chi connectivity index (χ1) is 19.9. The van der Waals surface area contributed by atoms with Crippen molar-refractivity contribution in [2.45, 2.75) is 62.9 Å². The van der Waals surface area contributed by atoms with Gasteiger partial charge in [0.1, 0.15) is 18.0 Å². The number of hydrogen-bond donors (Lipinski definition) is 4. The van der Waals surface area contributed by atoms with Crippen molar-refractivity contribution in [3.8, 4) is 11.5 Å². The lowest BCUT2D eigenvalue weighted by Gasteiger charge is -2.41. The van der Waals surface area contributed by atoms with Crippen molar-refractivity contribution in [3.63, 3.8) is 0 Å². The van der Waals surface area contributed by atoms with E-state index in [1.54, 1.807) is 35.2 Å². The Kier molecular flexibility index (Phi) is 8.91. The van der Waals surface area contributed by atoms with Crippen molar-refractivity contribution in [2.75, 3.05) is 26.8 Å². The average Bonchev–Trinajstić information content (AvgIpc) is 3.65. The van der Waals surface area contributed by atoms with Crippen LogP contribution in [-0.4, -0.2) is 77.1 Å². The zero-order valence-corrected chi connectivity index (χ0v) is 23.1. The molecule has 2 amide bonds. The molecule has 2 aromatic carbocycles. The number of hydrogen-bond acceptors (Lipinski definition) is 7. The van der Waals surface area contributed by atoms with Crippen LogP contribution >= 0.6 is 0 Å². The molecule has 5 rings (SSSR count). The molecule has 2 aliphatic carbocycles. The molecule has 0 radical (unpaired) electrons. The number of aliphatic hydroxyl groups is 3. The van der Waals surface area contributed by atoms with E-state index in [2.05, 4.69) is 5.32 Å². The molecule has 9 nitrogen and oxygen atoms in total. The van der Waals surface area contributed by atoms with Crippen LogP contribution in [0.5, 0.6) is 11.5 Å². The summed E-state index contributed by atoms with van der Waals surface area (Å²) >= 11 is 0. The monoisotopic (exact) mass is 568 g/mol. The Hall–Kier alpha value is -3.47. The number of rotatable bonds is 10. The zero-order chi connectivity index (χ0) is 29.1. The van der Waals surface area contributed by atoms with Gasteiger partial charge in [0.15, 0.2) is 11.5 Å². The number of nitrogens with zero attached hydrogens (tertiary/aromatic N) is 1. The molecule has 0 bridgehead atoms. The highest BCUT2D eigenvalue weighted by molar-refractivity contribution is 5.96. The Morgan fingerprint density at radius 1 is 1.15 bits per heavy atom. The topological polar surface area (TPSA) is 129 Å². The Morgan fingerprint density at radius 3 is 2.61 bits per heavy atom. The SMILES string of the molecule is COc1cc(CO)cc2c1OC1C2C(C(=O)NCCO)=CC(N(CCc2cccc(F)c2)C(=O)C2CCCC2)C1O. The summed E-state index contributed by atoms with van der Waals surface area (Å²) in [5.41, 5.74) is 2.16. The molecule has 4 unspecified atom stereocenters. The minimum Gasteiger partial charge on any atom is -0.493 e. The van der Waals surface area contributed by atoms with E-state index in [0.717, 1.165) is 25.7 Å². The van der Waals surface area contributed by atoms with E-state index in [1.165, 1.54) is 19.2 Å². The number of benzene rings is 2. The third-order valence-corrected chi connectivity index (χ3v) is 8.37. The fraction of sp³-hybridized carbons (Fsp3) is 0.484. The molecule has 0 aromatic heterocycles. The molecular weight excluding hydrogens is 531 g/mol. The summed E-state index contributed by atoms with van der Waals surface area (Å²) in [6, 6.07) is 8.69. The summed E-state index contributed by atoms with van der Waals surface area (Å²) < 4.78 is 25.7. The largest absolute Gasteiger partial charge is 0.493 e. The number of carbonyl (C=O) groups excluding carboxylic acids is 2. The minimum absolute atomic E-state index is 0.0266. The van der Waals surface area contributed by atoms with Crippen LogP contribution in [0.25, 0.3) is 0 Å². The third kappa shape index (κ3) is 5.82. The number of nitrogens with one attached hydrogen (secondary N) is 1.